The molecule has 142 valence electrons. The Balaban J connectivity index is 2.04. The maximum atomic E-state index is 13.3. The lowest BCUT2D eigenvalue weighted by Gasteiger charge is -2.18. The van der Waals surface area contributed by atoms with E-state index in [1.807, 2.05) is 12.1 Å². The van der Waals surface area contributed by atoms with E-state index in [1.54, 1.807) is 18.2 Å². The van der Waals surface area contributed by atoms with Gasteiger partial charge in [-0.1, -0.05) is 35.5 Å². The zero-order chi connectivity index (χ0) is 20.3. The van der Waals surface area contributed by atoms with Crippen LogP contribution < -0.4 is 10.2 Å². The van der Waals surface area contributed by atoms with Gasteiger partial charge < -0.3 is 5.32 Å². The van der Waals surface area contributed by atoms with Gasteiger partial charge in [0.25, 0.3) is 5.91 Å². The van der Waals surface area contributed by atoms with Gasteiger partial charge in [0, 0.05) is 17.8 Å². The molecule has 0 bridgehead atoms. The number of hydrogen-bond acceptors (Lipinski definition) is 4. The van der Waals surface area contributed by atoms with Crippen molar-refractivity contribution in [1.29, 1.82) is 5.26 Å². The number of thioether (sulfide) groups is 1. The van der Waals surface area contributed by atoms with E-state index < -0.39 is 17.0 Å². The zero-order valence-corrected chi connectivity index (χ0v) is 16.4. The van der Waals surface area contributed by atoms with Crippen LogP contribution in [0.25, 0.3) is 0 Å². The molecule has 0 aromatic heterocycles. The van der Waals surface area contributed by atoms with Crippen LogP contribution in [0.2, 0.25) is 5.02 Å². The van der Waals surface area contributed by atoms with Gasteiger partial charge in [0.05, 0.1) is 5.25 Å². The number of nitrogens with one attached hydrogen (secondary N) is 1. The first-order valence-corrected chi connectivity index (χ1v) is 9.57. The topological polar surface area (TPSA) is 73.2 Å². The number of nitrogens with zero attached hydrogens (tertiary/aromatic N) is 2. The summed E-state index contributed by atoms with van der Waals surface area (Å²) in [5.41, 5.74) is 1.08. The lowest BCUT2D eigenvalue weighted by molar-refractivity contribution is -0.117. The zero-order valence-electron chi connectivity index (χ0n) is 14.8. The summed E-state index contributed by atoms with van der Waals surface area (Å²) in [6.45, 7) is 0. The number of nitriles is 1. The Morgan fingerprint density at radius 1 is 1.32 bits per heavy atom. The number of hydrogen-bond donors (Lipinski definition) is 1. The molecule has 0 saturated carbocycles. The molecule has 28 heavy (non-hydrogen) atoms. The van der Waals surface area contributed by atoms with Crippen molar-refractivity contribution in [2.24, 2.45) is 0 Å². The third-order valence-electron chi connectivity index (χ3n) is 4.13. The predicted octanol–water partition coefficient (Wildman–Crippen LogP) is 3.65. The Morgan fingerprint density at radius 3 is 2.64 bits per heavy atom. The Bertz CT molecular complexity index is 1000. The first-order valence-electron chi connectivity index (χ1n) is 8.31. The highest BCUT2D eigenvalue weighted by atomic mass is 35.5. The van der Waals surface area contributed by atoms with Crippen molar-refractivity contribution in [1.82, 2.24) is 5.32 Å². The second-order valence-electron chi connectivity index (χ2n) is 5.96. The Labute approximate surface area is 170 Å². The first-order chi connectivity index (χ1) is 13.4. The monoisotopic (exact) mass is 415 g/mol. The number of carbonyl (C=O) groups excluding carboxylic acids is 2. The molecule has 8 heteroatoms. The largest absolute Gasteiger partial charge is 0.354 e. The highest BCUT2D eigenvalue weighted by Gasteiger charge is 2.40. The summed E-state index contributed by atoms with van der Waals surface area (Å²) in [6.07, 6.45) is 0.373. The summed E-state index contributed by atoms with van der Waals surface area (Å²) in [4.78, 5) is 26.6. The van der Waals surface area contributed by atoms with E-state index in [0.717, 1.165) is 17.3 Å². The minimum atomic E-state index is -0.590. The van der Waals surface area contributed by atoms with Crippen molar-refractivity contribution in [3.8, 4) is 6.07 Å². The van der Waals surface area contributed by atoms with Gasteiger partial charge in [-0.15, -0.1) is 0 Å². The first kappa shape index (κ1) is 19.9. The molecule has 1 N–H and O–H groups in total. The number of halogens is 2. The molecule has 1 aliphatic rings. The number of likely N-dealkylation sites (N-methyl/N-ethyl adjacent to an activating group) is 1. The third kappa shape index (κ3) is 4.03. The minimum Gasteiger partial charge on any atom is -0.354 e. The molecule has 0 aliphatic carbocycles. The van der Waals surface area contributed by atoms with Crippen LogP contribution in [-0.4, -0.2) is 24.1 Å². The molecule has 2 aromatic carbocycles. The number of benzene rings is 2. The molecule has 2 aromatic rings. The molecule has 5 nitrogen and oxygen atoms in total. The number of carbonyl (C=O) groups is 2. The maximum absolute atomic E-state index is 13.3. The van der Waals surface area contributed by atoms with Crippen LogP contribution in [0.1, 0.15) is 5.56 Å². The fourth-order valence-corrected chi connectivity index (χ4v) is 4.34. The molecule has 1 fully saturated rings. The molecule has 1 atom stereocenters. The van der Waals surface area contributed by atoms with Gasteiger partial charge in [-0.2, -0.15) is 5.26 Å². The lowest BCUT2D eigenvalue weighted by Crippen LogP contribution is -2.31. The Morgan fingerprint density at radius 2 is 2.04 bits per heavy atom. The van der Waals surface area contributed by atoms with Gasteiger partial charge in [-0.05, 0) is 48.4 Å². The fraction of sp³-hybridized carbons (Fsp3) is 0.150. The highest BCUT2D eigenvalue weighted by molar-refractivity contribution is 8.05. The highest BCUT2D eigenvalue weighted by Crippen LogP contribution is 2.42. The van der Waals surface area contributed by atoms with E-state index in [1.165, 1.54) is 36.2 Å². The number of rotatable bonds is 4. The van der Waals surface area contributed by atoms with Crippen molar-refractivity contribution in [2.75, 3.05) is 11.9 Å². The van der Waals surface area contributed by atoms with Crippen LogP contribution in [0.5, 0.6) is 0 Å². The quantitative estimate of drug-likeness (QED) is 0.611. The SMILES string of the molecule is CNC(=O)C(C#N)=C1SC(Cc2cccc(Cl)c2)C(=O)N1c1ccc(F)cc1. The standard InChI is InChI=1S/C20H15ClFN3O2S/c1-24-18(26)16(11-23)20-25(15-7-5-14(22)6-8-15)19(27)17(28-20)10-12-3-2-4-13(21)9-12/h2-9,17H,10H2,1H3,(H,24,26). The average molecular weight is 416 g/mol. The second kappa shape index (κ2) is 8.46. The maximum Gasteiger partial charge on any atom is 0.264 e. The van der Waals surface area contributed by atoms with E-state index in [0.29, 0.717) is 17.1 Å². The smallest absolute Gasteiger partial charge is 0.264 e. The average Bonchev–Trinajstić information content (AvgIpc) is 2.99. The van der Waals surface area contributed by atoms with E-state index in [2.05, 4.69) is 5.32 Å². The van der Waals surface area contributed by atoms with Gasteiger partial charge in [0.1, 0.15) is 22.5 Å². The molecule has 1 saturated heterocycles. The predicted molar refractivity (Wildman–Crippen MR) is 107 cm³/mol. The van der Waals surface area contributed by atoms with Gasteiger partial charge in [-0.3, -0.25) is 14.5 Å². The fourth-order valence-electron chi connectivity index (χ4n) is 2.82. The van der Waals surface area contributed by atoms with Gasteiger partial charge in [0.2, 0.25) is 5.91 Å². The molecule has 2 amide bonds. The van der Waals surface area contributed by atoms with Crippen molar-refractivity contribution < 1.29 is 14.0 Å². The molecular formula is C20H15ClFN3O2S. The summed E-state index contributed by atoms with van der Waals surface area (Å²) in [5, 5.41) is 12.1. The van der Waals surface area contributed by atoms with Gasteiger partial charge in [-0.25, -0.2) is 4.39 Å². The third-order valence-corrected chi connectivity index (χ3v) is 5.63. The summed E-state index contributed by atoms with van der Waals surface area (Å²) in [5.74, 6) is -1.33. The molecular weight excluding hydrogens is 401 g/mol. The summed E-state index contributed by atoms with van der Waals surface area (Å²) >= 11 is 7.16. The molecule has 1 heterocycles. The normalized spacial score (nSPS) is 18.0. The van der Waals surface area contributed by atoms with Crippen molar-refractivity contribution >= 4 is 40.9 Å². The second-order valence-corrected chi connectivity index (χ2v) is 7.59. The van der Waals surface area contributed by atoms with E-state index in [-0.39, 0.29) is 16.5 Å². The number of anilines is 1. The Hall–Kier alpha value is -2.82. The van der Waals surface area contributed by atoms with E-state index in [9.17, 15) is 19.2 Å². The van der Waals surface area contributed by atoms with Gasteiger partial charge in [0.15, 0.2) is 0 Å². The molecule has 0 radical (unpaired) electrons. The van der Waals surface area contributed by atoms with E-state index >= 15 is 0 Å². The molecule has 0 spiro atoms. The van der Waals surface area contributed by atoms with Crippen molar-refractivity contribution in [3.63, 3.8) is 0 Å². The molecule has 1 aliphatic heterocycles. The van der Waals surface area contributed by atoms with Crippen molar-refractivity contribution in [3.05, 3.63) is 75.5 Å². The van der Waals surface area contributed by atoms with Gasteiger partial charge >= 0.3 is 0 Å². The van der Waals surface area contributed by atoms with Crippen LogP contribution in [0.4, 0.5) is 10.1 Å². The molecule has 3 rings (SSSR count). The summed E-state index contributed by atoms with van der Waals surface area (Å²) in [6, 6.07) is 14.4. The van der Waals surface area contributed by atoms with Crippen LogP contribution in [0, 0.1) is 17.1 Å². The van der Waals surface area contributed by atoms with Crippen LogP contribution in [-0.2, 0) is 16.0 Å². The van der Waals surface area contributed by atoms with Crippen LogP contribution in [0.15, 0.2) is 59.1 Å². The van der Waals surface area contributed by atoms with Crippen LogP contribution >= 0.6 is 23.4 Å². The van der Waals surface area contributed by atoms with Crippen molar-refractivity contribution in [2.45, 2.75) is 11.7 Å². The summed E-state index contributed by atoms with van der Waals surface area (Å²) < 4.78 is 13.3. The molecule has 1 unspecified atom stereocenters. The van der Waals surface area contributed by atoms with E-state index in [4.69, 9.17) is 11.6 Å². The Kier molecular flexibility index (Phi) is 6.02. The summed E-state index contributed by atoms with van der Waals surface area (Å²) in [7, 11) is 1.41. The number of amides is 2. The lowest BCUT2D eigenvalue weighted by atomic mass is 10.1. The minimum absolute atomic E-state index is 0.168. The van der Waals surface area contributed by atoms with Crippen LogP contribution in [0.3, 0.4) is 0 Å².